The molecular formula is C37H45FN8O6. The first kappa shape index (κ1) is 36.3. The lowest BCUT2D eigenvalue weighted by molar-refractivity contribution is -0.133. The van der Waals surface area contributed by atoms with Gasteiger partial charge in [-0.15, -0.1) is 0 Å². The van der Waals surface area contributed by atoms with Crippen LogP contribution in [0.3, 0.4) is 0 Å². The van der Waals surface area contributed by atoms with E-state index in [1.807, 2.05) is 24.8 Å². The van der Waals surface area contributed by atoms with Crippen LogP contribution in [0.2, 0.25) is 0 Å². The highest BCUT2D eigenvalue weighted by atomic mass is 19.1. The lowest BCUT2D eigenvalue weighted by atomic mass is 9.96. The van der Waals surface area contributed by atoms with Gasteiger partial charge < -0.3 is 24.4 Å². The molecule has 4 aromatic rings. The molecule has 0 atom stereocenters. The Hall–Kier alpha value is -5.47. The molecule has 276 valence electrons. The van der Waals surface area contributed by atoms with Crippen molar-refractivity contribution in [3.8, 4) is 17.0 Å². The third-order valence-electron chi connectivity index (χ3n) is 8.54. The van der Waals surface area contributed by atoms with Crippen molar-refractivity contribution in [3.05, 3.63) is 47.7 Å². The molecule has 3 amide bonds. The number of carbonyl (C=O) groups excluding carboxylic acids is 3. The Labute approximate surface area is 301 Å². The van der Waals surface area contributed by atoms with Gasteiger partial charge >= 0.3 is 12.2 Å². The summed E-state index contributed by atoms with van der Waals surface area (Å²) in [7, 11) is 0. The van der Waals surface area contributed by atoms with Gasteiger partial charge in [0.1, 0.15) is 35.9 Å². The van der Waals surface area contributed by atoms with Gasteiger partial charge in [-0.2, -0.15) is 5.10 Å². The lowest BCUT2D eigenvalue weighted by Crippen LogP contribution is -2.42. The molecule has 0 spiro atoms. The fraction of sp³-hybridized carbons (Fsp3) is 0.459. The molecule has 0 saturated carbocycles. The maximum atomic E-state index is 16.8. The van der Waals surface area contributed by atoms with Crippen molar-refractivity contribution in [2.45, 2.75) is 92.5 Å². The monoisotopic (exact) mass is 716 g/mol. The summed E-state index contributed by atoms with van der Waals surface area (Å²) in [5.74, 6) is 0.378. The standard InChI is InChI=1S/C37H45FN8O6/c1-20(2)44-11-10-23-16-28(43-46(23)19-29(44)47)41-27-15-22-14-24(30(38)31(26(22)18-39-27)42-34(48)51-36(4,5)6)25-17-40-33-32(21(25)3)45(12-13-50-33)35(49)52-37(7,8)9/h14-18,20H,10-13,19H2,1-9H3,(H,42,48)(H,39,41,43). The van der Waals surface area contributed by atoms with Gasteiger partial charge in [-0.25, -0.2) is 23.9 Å². The summed E-state index contributed by atoms with van der Waals surface area (Å²) < 4.78 is 35.4. The molecule has 3 aromatic heterocycles. The average molecular weight is 717 g/mol. The molecule has 2 aliphatic heterocycles. The number of pyridine rings is 2. The molecule has 1 aromatic carbocycles. The average Bonchev–Trinajstić information content (AvgIpc) is 3.33. The van der Waals surface area contributed by atoms with Crippen LogP contribution in [0, 0.1) is 12.7 Å². The highest BCUT2D eigenvalue weighted by Gasteiger charge is 2.33. The number of nitrogens with one attached hydrogen (secondary N) is 2. The Morgan fingerprint density at radius 3 is 2.38 bits per heavy atom. The van der Waals surface area contributed by atoms with Gasteiger partial charge in [-0.05, 0) is 85.4 Å². The van der Waals surface area contributed by atoms with Gasteiger partial charge in [-0.3, -0.25) is 19.7 Å². The van der Waals surface area contributed by atoms with Crippen LogP contribution >= 0.6 is 0 Å². The molecule has 52 heavy (non-hydrogen) atoms. The van der Waals surface area contributed by atoms with Gasteiger partial charge in [0.25, 0.3) is 0 Å². The van der Waals surface area contributed by atoms with Gasteiger partial charge in [0.2, 0.25) is 11.8 Å². The topological polar surface area (TPSA) is 153 Å². The molecular weight excluding hydrogens is 671 g/mol. The van der Waals surface area contributed by atoms with Crippen LogP contribution in [0.25, 0.3) is 21.9 Å². The van der Waals surface area contributed by atoms with Crippen molar-refractivity contribution in [1.82, 2.24) is 24.6 Å². The molecule has 15 heteroatoms. The van der Waals surface area contributed by atoms with Crippen LogP contribution in [0.15, 0.2) is 30.6 Å². The zero-order valence-electron chi connectivity index (χ0n) is 31.0. The Bertz CT molecular complexity index is 2070. The number of benzene rings is 1. The quantitative estimate of drug-likeness (QED) is 0.222. The third kappa shape index (κ3) is 7.58. The summed E-state index contributed by atoms with van der Waals surface area (Å²) in [6, 6.07) is 5.33. The Morgan fingerprint density at radius 1 is 0.962 bits per heavy atom. The smallest absolute Gasteiger partial charge is 0.415 e. The predicted octanol–water partition coefficient (Wildman–Crippen LogP) is 6.96. The Kier molecular flexibility index (Phi) is 9.49. The first-order valence-corrected chi connectivity index (χ1v) is 17.3. The maximum Gasteiger partial charge on any atom is 0.415 e. The van der Waals surface area contributed by atoms with Crippen molar-refractivity contribution < 1.29 is 33.0 Å². The number of fused-ring (bicyclic) bond motifs is 3. The predicted molar refractivity (Wildman–Crippen MR) is 195 cm³/mol. The number of carbonyl (C=O) groups is 3. The Balaban J connectivity index is 1.42. The number of ether oxygens (including phenoxy) is 3. The van der Waals surface area contributed by atoms with E-state index in [4.69, 9.17) is 14.2 Å². The van der Waals surface area contributed by atoms with E-state index in [0.29, 0.717) is 52.2 Å². The zero-order chi connectivity index (χ0) is 37.7. The molecule has 0 radical (unpaired) electrons. The first-order chi connectivity index (χ1) is 24.4. The zero-order valence-corrected chi connectivity index (χ0v) is 31.0. The van der Waals surface area contributed by atoms with Crippen LogP contribution in [0.1, 0.15) is 66.6 Å². The van der Waals surface area contributed by atoms with E-state index in [1.165, 1.54) is 17.3 Å². The number of rotatable bonds is 5. The minimum atomic E-state index is -0.845. The fourth-order valence-corrected chi connectivity index (χ4v) is 6.28. The molecule has 2 aliphatic rings. The largest absolute Gasteiger partial charge is 0.474 e. The molecule has 14 nitrogen and oxygen atoms in total. The van der Waals surface area contributed by atoms with E-state index in [9.17, 15) is 14.4 Å². The van der Waals surface area contributed by atoms with Gasteiger partial charge in [0, 0.05) is 59.7 Å². The van der Waals surface area contributed by atoms with E-state index < -0.39 is 29.2 Å². The number of nitrogens with zero attached hydrogens (tertiary/aromatic N) is 6. The second-order valence-corrected chi connectivity index (χ2v) is 15.2. The molecule has 0 saturated heterocycles. The van der Waals surface area contributed by atoms with Crippen molar-refractivity contribution in [2.75, 3.05) is 35.2 Å². The van der Waals surface area contributed by atoms with Crippen molar-refractivity contribution >= 4 is 51.9 Å². The molecule has 0 bridgehead atoms. The van der Waals surface area contributed by atoms with E-state index >= 15 is 4.39 Å². The van der Waals surface area contributed by atoms with E-state index in [-0.39, 0.29) is 48.8 Å². The number of aromatic nitrogens is 4. The van der Waals surface area contributed by atoms with Crippen LogP contribution in [-0.4, -0.2) is 79.7 Å². The molecule has 6 rings (SSSR count). The number of anilines is 4. The minimum Gasteiger partial charge on any atom is -0.474 e. The van der Waals surface area contributed by atoms with Crippen molar-refractivity contribution in [1.29, 1.82) is 0 Å². The maximum absolute atomic E-state index is 16.8. The number of hydrogen-bond acceptors (Lipinski definition) is 10. The van der Waals surface area contributed by atoms with Crippen LogP contribution < -0.4 is 20.3 Å². The number of amides is 3. The molecule has 2 N–H and O–H groups in total. The van der Waals surface area contributed by atoms with Crippen LogP contribution in [0.4, 0.5) is 37.0 Å². The number of hydrogen-bond donors (Lipinski definition) is 2. The van der Waals surface area contributed by atoms with Crippen LogP contribution in [-0.2, 0) is 27.2 Å². The van der Waals surface area contributed by atoms with Gasteiger partial charge in [-0.1, -0.05) is 0 Å². The Morgan fingerprint density at radius 2 is 1.69 bits per heavy atom. The number of halogens is 1. The molecule has 5 heterocycles. The summed E-state index contributed by atoms with van der Waals surface area (Å²) in [5.41, 5.74) is 0.554. The van der Waals surface area contributed by atoms with Crippen LogP contribution in [0.5, 0.6) is 5.88 Å². The van der Waals surface area contributed by atoms with E-state index in [2.05, 4.69) is 25.7 Å². The van der Waals surface area contributed by atoms with E-state index in [0.717, 1.165) is 5.69 Å². The summed E-state index contributed by atoms with van der Waals surface area (Å²) >= 11 is 0. The van der Waals surface area contributed by atoms with Gasteiger partial charge in [0.15, 0.2) is 11.6 Å². The SMILES string of the molecule is Cc1c(-c2cc3cc(Nc4cc5n(n4)CC(=O)N(C(C)C)CC5)ncc3c(NC(=O)OC(C)(C)C)c2F)cnc2c1N(C(=O)OC(C)(C)C)CCO2. The summed E-state index contributed by atoms with van der Waals surface area (Å²) in [4.78, 5) is 51.4. The second-order valence-electron chi connectivity index (χ2n) is 15.2. The van der Waals surface area contributed by atoms with E-state index in [1.54, 1.807) is 65.3 Å². The van der Waals surface area contributed by atoms with Crippen molar-refractivity contribution in [3.63, 3.8) is 0 Å². The highest BCUT2D eigenvalue weighted by Crippen LogP contribution is 2.43. The normalized spacial score (nSPS) is 14.8. The fourth-order valence-electron chi connectivity index (χ4n) is 6.28. The molecule has 0 fully saturated rings. The minimum absolute atomic E-state index is 0.000424. The first-order valence-electron chi connectivity index (χ1n) is 17.3. The molecule has 0 unspecified atom stereocenters. The van der Waals surface area contributed by atoms with Gasteiger partial charge in [0.05, 0.1) is 12.2 Å². The lowest BCUT2D eigenvalue weighted by Gasteiger charge is -2.32. The third-order valence-corrected chi connectivity index (χ3v) is 8.54. The summed E-state index contributed by atoms with van der Waals surface area (Å²) in [5, 5.41) is 11.3. The summed E-state index contributed by atoms with van der Waals surface area (Å²) in [6.07, 6.45) is 2.16. The van der Waals surface area contributed by atoms with Crippen molar-refractivity contribution in [2.24, 2.45) is 0 Å². The summed E-state index contributed by atoms with van der Waals surface area (Å²) in [6.45, 7) is 17.3. The molecule has 0 aliphatic carbocycles. The highest BCUT2D eigenvalue weighted by molar-refractivity contribution is 6.04. The second kappa shape index (κ2) is 13.6.